The zero-order chi connectivity index (χ0) is 16.8. The number of nitrogens with zero attached hydrogens (tertiary/aromatic N) is 2. The number of carbonyl (C=O) groups excluding carboxylic acids is 1. The number of ether oxygens (including phenoxy) is 1. The van der Waals surface area contributed by atoms with Crippen molar-refractivity contribution in [1.82, 2.24) is 15.5 Å². The van der Waals surface area contributed by atoms with Gasteiger partial charge in [-0.25, -0.2) is 4.79 Å². The first-order chi connectivity index (χ1) is 11.7. The molecule has 0 unspecified atom stereocenters. The van der Waals surface area contributed by atoms with Crippen molar-refractivity contribution in [2.75, 3.05) is 51.3 Å². The Hall–Kier alpha value is -1.79. The van der Waals surface area contributed by atoms with E-state index in [0.717, 1.165) is 57.8 Å². The van der Waals surface area contributed by atoms with Gasteiger partial charge in [-0.15, -0.1) is 0 Å². The number of carbonyl (C=O) groups is 1. The molecule has 2 heterocycles. The number of piperidine rings is 1. The van der Waals surface area contributed by atoms with Crippen molar-refractivity contribution in [1.29, 1.82) is 0 Å². The molecular weight excluding hydrogens is 304 g/mol. The van der Waals surface area contributed by atoms with Crippen LogP contribution >= 0.6 is 0 Å². The lowest BCUT2D eigenvalue weighted by Crippen LogP contribution is -2.47. The van der Waals surface area contributed by atoms with Gasteiger partial charge in [-0.05, 0) is 44.6 Å². The third kappa shape index (κ3) is 4.61. The molecule has 0 aromatic heterocycles. The molecule has 132 valence electrons. The summed E-state index contributed by atoms with van der Waals surface area (Å²) in [5, 5.41) is 6.11. The second-order valence-corrected chi connectivity index (χ2v) is 6.63. The number of morpholine rings is 1. The normalized spacial score (nSPS) is 20.0. The minimum absolute atomic E-state index is 0.0682. The van der Waals surface area contributed by atoms with Gasteiger partial charge < -0.3 is 25.2 Å². The number of amides is 2. The average Bonchev–Trinajstić information content (AvgIpc) is 2.63. The van der Waals surface area contributed by atoms with Crippen LogP contribution in [0.15, 0.2) is 24.3 Å². The molecule has 24 heavy (non-hydrogen) atoms. The van der Waals surface area contributed by atoms with Crippen molar-refractivity contribution in [3.63, 3.8) is 0 Å². The number of rotatable bonds is 4. The summed E-state index contributed by atoms with van der Waals surface area (Å²) in [5.41, 5.74) is 2.35. The van der Waals surface area contributed by atoms with Crippen LogP contribution in [0.2, 0.25) is 0 Å². The summed E-state index contributed by atoms with van der Waals surface area (Å²) in [6.45, 7) is 5.97. The number of urea groups is 1. The zero-order valence-electron chi connectivity index (χ0n) is 14.5. The maximum Gasteiger partial charge on any atom is 0.315 e. The SMILES string of the molecule is CN1CCC(NC(=O)NCc2ccccc2N2CCOCC2)CC1. The Balaban J connectivity index is 1.51. The summed E-state index contributed by atoms with van der Waals surface area (Å²) in [4.78, 5) is 16.8. The van der Waals surface area contributed by atoms with Gasteiger partial charge in [0.2, 0.25) is 0 Å². The van der Waals surface area contributed by atoms with Crippen molar-refractivity contribution in [3.05, 3.63) is 29.8 Å². The number of para-hydroxylation sites is 1. The van der Waals surface area contributed by atoms with Crippen LogP contribution in [0.3, 0.4) is 0 Å². The van der Waals surface area contributed by atoms with E-state index >= 15 is 0 Å². The number of anilines is 1. The second kappa shape index (κ2) is 8.35. The molecule has 2 saturated heterocycles. The highest BCUT2D eigenvalue weighted by Gasteiger charge is 2.19. The molecule has 2 fully saturated rings. The zero-order valence-corrected chi connectivity index (χ0v) is 14.5. The third-order valence-corrected chi connectivity index (χ3v) is 4.84. The van der Waals surface area contributed by atoms with E-state index in [4.69, 9.17) is 4.74 Å². The van der Waals surface area contributed by atoms with Crippen LogP contribution in [0.5, 0.6) is 0 Å². The van der Waals surface area contributed by atoms with E-state index in [2.05, 4.69) is 39.6 Å². The molecule has 0 saturated carbocycles. The Kier molecular flexibility index (Phi) is 5.93. The Morgan fingerprint density at radius 2 is 1.88 bits per heavy atom. The summed E-state index contributed by atoms with van der Waals surface area (Å²) >= 11 is 0. The largest absolute Gasteiger partial charge is 0.378 e. The van der Waals surface area contributed by atoms with Crippen molar-refractivity contribution in [3.8, 4) is 0 Å². The molecule has 3 rings (SSSR count). The van der Waals surface area contributed by atoms with E-state index in [1.165, 1.54) is 5.69 Å². The fourth-order valence-corrected chi connectivity index (χ4v) is 3.34. The third-order valence-electron chi connectivity index (χ3n) is 4.84. The number of nitrogens with one attached hydrogen (secondary N) is 2. The van der Waals surface area contributed by atoms with Gasteiger partial charge in [0, 0.05) is 31.4 Å². The molecular formula is C18H28N4O2. The van der Waals surface area contributed by atoms with Gasteiger partial charge in [-0.1, -0.05) is 18.2 Å². The van der Waals surface area contributed by atoms with Gasteiger partial charge in [0.15, 0.2) is 0 Å². The van der Waals surface area contributed by atoms with Crippen molar-refractivity contribution in [2.45, 2.75) is 25.4 Å². The highest BCUT2D eigenvalue weighted by atomic mass is 16.5. The Labute approximate surface area is 144 Å². The molecule has 0 radical (unpaired) electrons. The molecule has 0 atom stereocenters. The molecule has 2 amide bonds. The standard InChI is InChI=1S/C18H28N4O2/c1-21-8-6-16(7-9-21)20-18(23)19-14-15-4-2-3-5-17(15)22-10-12-24-13-11-22/h2-5,16H,6-14H2,1H3,(H2,19,20,23). The number of hydrogen-bond acceptors (Lipinski definition) is 4. The predicted octanol–water partition coefficient (Wildman–Crippen LogP) is 1.42. The lowest BCUT2D eigenvalue weighted by Gasteiger charge is -2.31. The van der Waals surface area contributed by atoms with Gasteiger partial charge in [-0.2, -0.15) is 0 Å². The van der Waals surface area contributed by atoms with E-state index < -0.39 is 0 Å². The molecule has 2 N–H and O–H groups in total. The highest BCUT2D eigenvalue weighted by Crippen LogP contribution is 2.21. The van der Waals surface area contributed by atoms with Crippen molar-refractivity contribution in [2.24, 2.45) is 0 Å². The molecule has 0 bridgehead atoms. The highest BCUT2D eigenvalue weighted by molar-refractivity contribution is 5.74. The number of hydrogen-bond donors (Lipinski definition) is 2. The minimum atomic E-state index is -0.0682. The fraction of sp³-hybridized carbons (Fsp3) is 0.611. The first-order valence-corrected chi connectivity index (χ1v) is 8.86. The maximum absolute atomic E-state index is 12.2. The van der Waals surface area contributed by atoms with E-state index in [0.29, 0.717) is 6.54 Å². The molecule has 6 heteroatoms. The van der Waals surface area contributed by atoms with Crippen LogP contribution in [0, 0.1) is 0 Å². The maximum atomic E-state index is 12.2. The summed E-state index contributed by atoms with van der Waals surface area (Å²) in [6, 6.07) is 8.50. The first-order valence-electron chi connectivity index (χ1n) is 8.86. The van der Waals surface area contributed by atoms with Gasteiger partial charge in [0.05, 0.1) is 13.2 Å². The van der Waals surface area contributed by atoms with Gasteiger partial charge >= 0.3 is 6.03 Å². The van der Waals surface area contributed by atoms with Crippen LogP contribution in [-0.2, 0) is 11.3 Å². The fourth-order valence-electron chi connectivity index (χ4n) is 3.34. The summed E-state index contributed by atoms with van der Waals surface area (Å²) in [5.74, 6) is 0. The van der Waals surface area contributed by atoms with E-state index in [1.807, 2.05) is 12.1 Å². The molecule has 0 aliphatic carbocycles. The Morgan fingerprint density at radius 1 is 1.17 bits per heavy atom. The van der Waals surface area contributed by atoms with Crippen molar-refractivity contribution < 1.29 is 9.53 Å². The second-order valence-electron chi connectivity index (χ2n) is 6.63. The van der Waals surface area contributed by atoms with Crippen LogP contribution < -0.4 is 15.5 Å². The van der Waals surface area contributed by atoms with Gasteiger partial charge in [0.1, 0.15) is 0 Å². The summed E-state index contributed by atoms with van der Waals surface area (Å²) < 4.78 is 5.43. The lowest BCUT2D eigenvalue weighted by atomic mass is 10.1. The Bertz CT molecular complexity index is 538. The van der Waals surface area contributed by atoms with Crippen LogP contribution in [0.25, 0.3) is 0 Å². The number of benzene rings is 1. The topological polar surface area (TPSA) is 56.8 Å². The number of likely N-dealkylation sites (tertiary alicyclic amines) is 1. The average molecular weight is 332 g/mol. The van der Waals surface area contributed by atoms with Crippen molar-refractivity contribution >= 4 is 11.7 Å². The molecule has 2 aliphatic heterocycles. The van der Waals surface area contributed by atoms with E-state index in [-0.39, 0.29) is 12.1 Å². The first kappa shape index (κ1) is 17.0. The monoisotopic (exact) mass is 332 g/mol. The van der Waals surface area contributed by atoms with E-state index in [9.17, 15) is 4.79 Å². The van der Waals surface area contributed by atoms with Gasteiger partial charge in [-0.3, -0.25) is 0 Å². The molecule has 1 aromatic carbocycles. The molecule has 0 spiro atoms. The molecule has 6 nitrogen and oxygen atoms in total. The smallest absolute Gasteiger partial charge is 0.315 e. The lowest BCUT2D eigenvalue weighted by molar-refractivity contribution is 0.122. The van der Waals surface area contributed by atoms with Crippen LogP contribution in [0.4, 0.5) is 10.5 Å². The van der Waals surface area contributed by atoms with Gasteiger partial charge in [0.25, 0.3) is 0 Å². The Morgan fingerprint density at radius 3 is 2.62 bits per heavy atom. The van der Waals surface area contributed by atoms with Crippen LogP contribution in [0.1, 0.15) is 18.4 Å². The quantitative estimate of drug-likeness (QED) is 0.875. The molecule has 2 aliphatic rings. The van der Waals surface area contributed by atoms with E-state index in [1.54, 1.807) is 0 Å². The molecule has 1 aromatic rings. The minimum Gasteiger partial charge on any atom is -0.378 e. The summed E-state index contributed by atoms with van der Waals surface area (Å²) in [6.07, 6.45) is 2.04. The summed E-state index contributed by atoms with van der Waals surface area (Å²) in [7, 11) is 2.12. The van der Waals surface area contributed by atoms with Crippen LogP contribution in [-0.4, -0.2) is 63.4 Å². The predicted molar refractivity (Wildman–Crippen MR) is 95.4 cm³/mol.